The van der Waals surface area contributed by atoms with E-state index in [0.717, 1.165) is 0 Å². The van der Waals surface area contributed by atoms with Crippen LogP contribution in [-0.4, -0.2) is 35.1 Å². The summed E-state index contributed by atoms with van der Waals surface area (Å²) >= 11 is 0. The van der Waals surface area contributed by atoms with Crippen molar-refractivity contribution in [2.75, 3.05) is 13.1 Å². The number of benzene rings is 2. The fourth-order valence-corrected chi connectivity index (χ4v) is 2.98. The highest BCUT2D eigenvalue weighted by atomic mass is 19.1. The van der Waals surface area contributed by atoms with Gasteiger partial charge in [0, 0.05) is 19.6 Å². The maximum Gasteiger partial charge on any atom is 0.317 e. The largest absolute Gasteiger partial charge is 0.481 e. The maximum absolute atomic E-state index is 14.2. The minimum atomic E-state index is -0.949. The van der Waals surface area contributed by atoms with E-state index in [1.165, 1.54) is 35.2 Å². The molecule has 0 radical (unpaired) electrons. The summed E-state index contributed by atoms with van der Waals surface area (Å²) in [5.41, 5.74) is -0.457. The molecule has 8 heteroatoms. The minimum Gasteiger partial charge on any atom is -0.481 e. The molecular formula is C20H20F2N2O4. The van der Waals surface area contributed by atoms with E-state index in [9.17, 15) is 23.5 Å². The number of likely N-dealkylation sites (tertiary alicyclic amines) is 1. The third-order valence-electron chi connectivity index (χ3n) is 4.77. The average Bonchev–Trinajstić information content (AvgIpc) is 3.07. The summed E-state index contributed by atoms with van der Waals surface area (Å²) in [5, 5.41) is 11.9. The number of amides is 2. The number of carbonyl (C=O) groups is 2. The number of nitrogens with one attached hydrogen (secondary N) is 1. The number of carbonyl (C=O) groups excluding carboxylic acids is 1. The number of aliphatic carboxylic acids is 1. The predicted molar refractivity (Wildman–Crippen MR) is 97.0 cm³/mol. The first-order valence-corrected chi connectivity index (χ1v) is 8.75. The van der Waals surface area contributed by atoms with Gasteiger partial charge in [0.2, 0.25) is 0 Å². The smallest absolute Gasteiger partial charge is 0.317 e. The molecule has 0 saturated carbocycles. The molecule has 2 N–H and O–H groups in total. The van der Waals surface area contributed by atoms with Gasteiger partial charge in [-0.25, -0.2) is 13.6 Å². The van der Waals surface area contributed by atoms with Gasteiger partial charge in [-0.1, -0.05) is 18.2 Å². The average molecular weight is 390 g/mol. The number of rotatable bonds is 5. The highest BCUT2D eigenvalue weighted by Crippen LogP contribution is 2.30. The summed E-state index contributed by atoms with van der Waals surface area (Å²) in [7, 11) is 0. The Hall–Kier alpha value is -3.16. The molecule has 1 aliphatic heterocycles. The second-order valence-electron chi connectivity index (χ2n) is 6.99. The van der Waals surface area contributed by atoms with Crippen LogP contribution in [0.5, 0.6) is 11.5 Å². The zero-order chi connectivity index (χ0) is 20.3. The van der Waals surface area contributed by atoms with E-state index in [-0.39, 0.29) is 24.6 Å². The quantitative estimate of drug-likeness (QED) is 0.815. The lowest BCUT2D eigenvalue weighted by Gasteiger charge is -2.20. The first-order chi connectivity index (χ1) is 13.3. The summed E-state index contributed by atoms with van der Waals surface area (Å²) in [6.45, 7) is 2.14. The van der Waals surface area contributed by atoms with Crippen molar-refractivity contribution >= 4 is 12.0 Å². The Labute approximate surface area is 160 Å². The fourth-order valence-electron chi connectivity index (χ4n) is 2.98. The monoisotopic (exact) mass is 390 g/mol. The van der Waals surface area contributed by atoms with Crippen LogP contribution in [0.2, 0.25) is 0 Å². The van der Waals surface area contributed by atoms with Crippen LogP contribution in [0.1, 0.15) is 18.9 Å². The molecule has 28 heavy (non-hydrogen) atoms. The van der Waals surface area contributed by atoms with Gasteiger partial charge in [0.1, 0.15) is 0 Å². The first kappa shape index (κ1) is 19.6. The summed E-state index contributed by atoms with van der Waals surface area (Å²) < 4.78 is 33.1. The maximum atomic E-state index is 14.2. The van der Waals surface area contributed by atoms with Crippen LogP contribution in [-0.2, 0) is 11.3 Å². The molecule has 2 aromatic carbocycles. The van der Waals surface area contributed by atoms with Crippen LogP contribution < -0.4 is 10.1 Å². The van der Waals surface area contributed by atoms with Crippen molar-refractivity contribution in [2.45, 2.75) is 19.9 Å². The molecule has 0 bridgehead atoms. The van der Waals surface area contributed by atoms with Gasteiger partial charge in [-0.05, 0) is 43.2 Å². The number of nitrogens with zero attached hydrogens (tertiary/aromatic N) is 1. The predicted octanol–water partition coefficient (Wildman–Crippen LogP) is 3.76. The summed E-state index contributed by atoms with van der Waals surface area (Å²) in [6.07, 6.45) is 0.381. The Bertz CT molecular complexity index is 906. The Balaban J connectivity index is 1.58. The Kier molecular flexibility index (Phi) is 5.48. The summed E-state index contributed by atoms with van der Waals surface area (Å²) in [5.74, 6) is -2.43. The zero-order valence-electron chi connectivity index (χ0n) is 15.2. The molecule has 2 amide bonds. The van der Waals surface area contributed by atoms with Crippen LogP contribution >= 0.6 is 0 Å². The number of carboxylic acid groups (broad SMARTS) is 1. The molecule has 0 aromatic heterocycles. The standard InChI is InChI=1S/C20H20F2N2O4/c1-20(18(25)26)8-9-24(12-20)19(27)23-11-13-6-7-17(15(22)10-13)28-16-5-3-2-4-14(16)21/h2-7,10H,8-9,11-12H2,1H3,(H,23,27)(H,25,26). The van der Waals surface area contributed by atoms with Crippen LogP contribution in [0.4, 0.5) is 13.6 Å². The molecule has 2 aromatic rings. The van der Waals surface area contributed by atoms with Crippen molar-refractivity contribution in [1.29, 1.82) is 0 Å². The van der Waals surface area contributed by atoms with Gasteiger partial charge in [0.15, 0.2) is 23.1 Å². The SMILES string of the molecule is CC1(C(=O)O)CCN(C(=O)NCc2ccc(Oc3ccccc3F)c(F)c2)C1. The lowest BCUT2D eigenvalue weighted by Crippen LogP contribution is -2.40. The van der Waals surface area contributed by atoms with E-state index in [1.807, 2.05) is 0 Å². The number of hydrogen-bond donors (Lipinski definition) is 2. The second kappa shape index (κ2) is 7.84. The second-order valence-corrected chi connectivity index (χ2v) is 6.99. The van der Waals surface area contributed by atoms with Gasteiger partial charge in [-0.15, -0.1) is 0 Å². The Morgan fingerprint density at radius 3 is 2.54 bits per heavy atom. The van der Waals surface area contributed by atoms with Crippen molar-refractivity contribution in [3.05, 3.63) is 59.7 Å². The first-order valence-electron chi connectivity index (χ1n) is 8.75. The molecule has 6 nitrogen and oxygen atoms in total. The molecule has 1 atom stereocenters. The molecule has 1 fully saturated rings. The number of halogens is 2. The summed E-state index contributed by atoms with van der Waals surface area (Å²) in [6, 6.07) is 9.40. The number of ether oxygens (including phenoxy) is 1. The highest BCUT2D eigenvalue weighted by Gasteiger charge is 2.42. The van der Waals surface area contributed by atoms with Crippen molar-refractivity contribution in [3.8, 4) is 11.5 Å². The van der Waals surface area contributed by atoms with Crippen molar-refractivity contribution in [3.63, 3.8) is 0 Å². The lowest BCUT2D eigenvalue weighted by molar-refractivity contribution is -0.147. The van der Waals surface area contributed by atoms with Crippen LogP contribution in [0.15, 0.2) is 42.5 Å². The lowest BCUT2D eigenvalue weighted by atomic mass is 9.90. The molecule has 148 valence electrons. The topological polar surface area (TPSA) is 78.9 Å². The van der Waals surface area contributed by atoms with Crippen molar-refractivity contribution in [2.24, 2.45) is 5.41 Å². The van der Waals surface area contributed by atoms with Crippen LogP contribution in [0.25, 0.3) is 0 Å². The molecule has 3 rings (SSSR count). The zero-order valence-corrected chi connectivity index (χ0v) is 15.2. The van der Waals surface area contributed by atoms with Crippen molar-refractivity contribution < 1.29 is 28.2 Å². The highest BCUT2D eigenvalue weighted by molar-refractivity contribution is 5.79. The third kappa shape index (κ3) is 4.21. The molecule has 1 aliphatic rings. The van der Waals surface area contributed by atoms with E-state index >= 15 is 0 Å². The number of carboxylic acids is 1. The van der Waals surface area contributed by atoms with Crippen molar-refractivity contribution in [1.82, 2.24) is 10.2 Å². The number of hydrogen-bond acceptors (Lipinski definition) is 3. The van der Waals surface area contributed by atoms with Gasteiger partial charge in [-0.3, -0.25) is 4.79 Å². The van der Waals surface area contributed by atoms with Gasteiger partial charge in [0.25, 0.3) is 0 Å². The fraction of sp³-hybridized carbons (Fsp3) is 0.300. The van der Waals surface area contributed by atoms with Gasteiger partial charge < -0.3 is 20.1 Å². The van der Waals surface area contributed by atoms with E-state index in [0.29, 0.717) is 18.5 Å². The molecule has 1 unspecified atom stereocenters. The van der Waals surface area contributed by atoms with E-state index < -0.39 is 29.0 Å². The van der Waals surface area contributed by atoms with Crippen LogP contribution in [0, 0.1) is 17.0 Å². The molecule has 1 saturated heterocycles. The van der Waals surface area contributed by atoms with E-state index in [4.69, 9.17) is 4.74 Å². The van der Waals surface area contributed by atoms with E-state index in [2.05, 4.69) is 5.32 Å². The third-order valence-corrected chi connectivity index (χ3v) is 4.77. The van der Waals surface area contributed by atoms with Crippen LogP contribution in [0.3, 0.4) is 0 Å². The minimum absolute atomic E-state index is 0.0655. The molecule has 1 heterocycles. The number of urea groups is 1. The molecular weight excluding hydrogens is 370 g/mol. The normalized spacial score (nSPS) is 18.8. The Morgan fingerprint density at radius 1 is 1.18 bits per heavy atom. The summed E-state index contributed by atoms with van der Waals surface area (Å²) in [4.78, 5) is 24.9. The van der Waals surface area contributed by atoms with Gasteiger partial charge in [-0.2, -0.15) is 0 Å². The van der Waals surface area contributed by atoms with E-state index in [1.54, 1.807) is 19.1 Å². The van der Waals surface area contributed by atoms with Gasteiger partial charge in [0.05, 0.1) is 5.41 Å². The molecule has 0 spiro atoms. The van der Waals surface area contributed by atoms with Gasteiger partial charge >= 0.3 is 12.0 Å². The number of para-hydroxylation sites is 1. The Morgan fingerprint density at radius 2 is 1.89 bits per heavy atom. The molecule has 0 aliphatic carbocycles.